The number of phenols is 2. The quantitative estimate of drug-likeness (QED) is 0.0663. The number of aromatic hydroxyl groups is 2. The number of rotatable bonds is 11. The summed E-state index contributed by atoms with van der Waals surface area (Å²) >= 11 is 0. The Morgan fingerprint density at radius 1 is 0.291 bits per heavy atom. The van der Waals surface area contributed by atoms with E-state index in [4.69, 9.17) is 66.3 Å². The van der Waals surface area contributed by atoms with Crippen LogP contribution in [0.15, 0.2) is 60.7 Å². The predicted molar refractivity (Wildman–Crippen MR) is 326 cm³/mol. The first-order valence-electron chi connectivity index (χ1n) is 32.7. The molecule has 103 heavy (non-hydrogen) atoms. The van der Waals surface area contributed by atoms with Gasteiger partial charge in [-0.2, -0.15) is 0 Å². The summed E-state index contributed by atoms with van der Waals surface area (Å²) in [5, 5.41) is 245. The largest absolute Gasteiger partial charge is 0.506 e. The second-order valence-corrected chi connectivity index (χ2v) is 25.8. The highest BCUT2D eigenvalue weighted by atomic mass is 16.8. The Kier molecular flexibility index (Phi) is 24.3. The molecule has 41 nitrogen and oxygen atoms in total. The fourth-order valence-electron chi connectivity index (χ4n) is 13.8. The van der Waals surface area contributed by atoms with Crippen molar-refractivity contribution in [1.82, 2.24) is 20.6 Å². The van der Waals surface area contributed by atoms with Gasteiger partial charge < -0.3 is 184 Å². The van der Waals surface area contributed by atoms with Gasteiger partial charge in [0, 0.05) is 10.8 Å². The third kappa shape index (κ3) is 15.1. The molecule has 2 aromatic heterocycles. The Labute approximate surface area is 580 Å². The summed E-state index contributed by atoms with van der Waals surface area (Å²) in [6, 6.07) is 9.88. The molecule has 25 rings (SSSR count). The molecular weight excluding hydrogens is 1390 g/mol. The van der Waals surface area contributed by atoms with Gasteiger partial charge in [-0.15, -0.1) is 0 Å². The van der Waals surface area contributed by atoms with E-state index in [1.807, 2.05) is 0 Å². The van der Waals surface area contributed by atoms with Crippen LogP contribution in [-0.2, 0) is 66.3 Å². The lowest BCUT2D eigenvalue weighted by atomic mass is 9.92. The molecule has 41 heteroatoms. The Morgan fingerprint density at radius 2 is 0.515 bits per heavy atom. The molecule has 21 aliphatic rings. The Hall–Kier alpha value is -5.52. The summed E-state index contributed by atoms with van der Waals surface area (Å²) in [6.45, 7) is -7.92. The van der Waals surface area contributed by atoms with Crippen LogP contribution in [0.1, 0.15) is 21.0 Å². The second-order valence-electron chi connectivity index (χ2n) is 25.8. The number of nitrogens with zero attached hydrogens (tertiary/aromatic N) is 2. The lowest BCUT2D eigenvalue weighted by molar-refractivity contribution is -0.396. The maximum absolute atomic E-state index is 14.6. The fourth-order valence-corrected chi connectivity index (χ4v) is 13.8. The standard InChI is InChI=1S/C62H82N4O37/c67-11-24-47-34(66-55(89)21-10-8-19-4-2-6-23(75)32(19)64-21)36(77)57(91-24)99-49-26(13-69)93-59(43(84)38(49)79)101-51-28(15-71)95-61(45(86)40(51)81)103-53-30(17-73)96-62(46(87)41(53)82)102-52-29(16-72)94-60(44(85)39(52)80)100-50-27(14-70)92-58(42(83)37(50)78)98-48-25(12-68)90-56(97-47)35(76)33(48)65-54(88)20-9-7-18-3-1-5-22(74)31(18)63-20/h1-10,24-30,33-53,56-62,67-87H,11-17H2,(H,65,88)(H,66,89)/t24-,25-,26-,27-,28-,29-,30-,33-,34-,35?,36-,37-,38-,39-,40?,41-,42-,43-,44-,45-,46-,47-,48-,49-,50-,51-,52-,53-,56-,57-,58-,59-,60-,61-,62-/m1/s1. The van der Waals surface area contributed by atoms with Crippen molar-refractivity contribution in [3.63, 3.8) is 0 Å². The molecule has 23 heterocycles. The first-order chi connectivity index (χ1) is 49.3. The number of carbonyl (C=O) groups excluding carboxylic acids is 2. The van der Waals surface area contributed by atoms with Crippen LogP contribution in [0.2, 0.25) is 0 Å². The first-order valence-corrected chi connectivity index (χ1v) is 32.7. The van der Waals surface area contributed by atoms with Gasteiger partial charge in [0.15, 0.2) is 44.0 Å². The molecule has 4 aromatic rings. The molecule has 23 N–H and O–H groups in total. The lowest BCUT2D eigenvalue weighted by Crippen LogP contribution is -2.71. The number of para-hydroxylation sites is 2. The Bertz CT molecular complexity index is 3410. The van der Waals surface area contributed by atoms with Gasteiger partial charge in [0.2, 0.25) is 0 Å². The number of fused-ring (bicyclic) bond motifs is 2. The van der Waals surface area contributed by atoms with E-state index in [0.29, 0.717) is 10.8 Å². The van der Waals surface area contributed by atoms with Crippen molar-refractivity contribution in [3.05, 3.63) is 72.1 Å². The molecule has 0 radical (unpaired) electrons. The van der Waals surface area contributed by atoms with Crippen molar-refractivity contribution in [2.45, 2.75) is 215 Å². The normalized spacial score (nSPS) is 44.2. The van der Waals surface area contributed by atoms with Crippen molar-refractivity contribution >= 4 is 33.6 Å². The van der Waals surface area contributed by atoms with Gasteiger partial charge in [0.25, 0.3) is 11.8 Å². The van der Waals surface area contributed by atoms with Gasteiger partial charge in [-0.1, -0.05) is 36.4 Å². The third-order valence-corrected chi connectivity index (χ3v) is 19.3. The molecule has 21 fully saturated rings. The molecule has 0 spiro atoms. The Morgan fingerprint density at radius 3 is 0.757 bits per heavy atom. The van der Waals surface area contributed by atoms with Crippen molar-refractivity contribution in [3.8, 4) is 11.5 Å². The summed E-state index contributed by atoms with van der Waals surface area (Å²) < 4.78 is 83.1. The number of benzene rings is 2. The highest BCUT2D eigenvalue weighted by molar-refractivity contribution is 5.97. The molecule has 35 atom stereocenters. The maximum Gasteiger partial charge on any atom is 0.270 e. The molecule has 2 amide bonds. The average molecular weight is 1480 g/mol. The maximum atomic E-state index is 14.6. The molecule has 572 valence electrons. The van der Waals surface area contributed by atoms with Gasteiger partial charge in [-0.05, 0) is 24.3 Å². The fraction of sp³-hybridized carbons (Fsp3) is 0.677. The summed E-state index contributed by atoms with van der Waals surface area (Å²) in [5.41, 5.74) is -1.00. The number of nitrogens with one attached hydrogen (secondary N) is 2. The van der Waals surface area contributed by atoms with Crippen LogP contribution in [0.4, 0.5) is 0 Å². The van der Waals surface area contributed by atoms with Gasteiger partial charge in [0.1, 0.15) is 193 Å². The molecule has 2 unspecified atom stereocenters. The predicted octanol–water partition coefficient (Wildman–Crippen LogP) is -11.8. The van der Waals surface area contributed by atoms with Crippen LogP contribution >= 0.6 is 0 Å². The van der Waals surface area contributed by atoms with E-state index < -0.39 is 284 Å². The topological polar surface area (TPSA) is 638 Å². The monoisotopic (exact) mass is 1470 g/mol. The zero-order valence-corrected chi connectivity index (χ0v) is 53.7. The van der Waals surface area contributed by atoms with Crippen molar-refractivity contribution in [2.75, 3.05) is 46.2 Å². The summed E-state index contributed by atoms with van der Waals surface area (Å²) in [7, 11) is 0. The van der Waals surface area contributed by atoms with Gasteiger partial charge in [-0.25, -0.2) is 9.97 Å². The SMILES string of the molecule is O=C(N[C@@H]1[C@@H](O)[C@H]2O[C@H]3[C@H](O)[C@@H](O)[C@H](O[C@@H]3CO)O[C@H]3C(O)[C@@H](O)[C@@H](O[C@H]4[C@H](O)[C@@H](O)[C@@H](O[C@H]5[C@H](O)[C@@H](O)[C@@H](O[C@H]6[C@H](O)[C@@H](O)[C@@H](O[C@H]7[C@H](NC(=O)c8ccc9cccc(O)c9n8)C(O)[C@@H](O[C@@H]1[C@@H](CO)O2)O[C@@H]7CO)O[C@@H]6CO)O[C@@H]5CO)O[C@@H]4CO)O[C@@H]3CO)c1ccc2cccc(O)c2n1. The highest BCUT2D eigenvalue weighted by Gasteiger charge is 2.60. The lowest BCUT2D eigenvalue weighted by Gasteiger charge is -2.51. The van der Waals surface area contributed by atoms with Crippen molar-refractivity contribution < 1.29 is 183 Å². The van der Waals surface area contributed by atoms with Crippen molar-refractivity contribution in [1.29, 1.82) is 0 Å². The van der Waals surface area contributed by atoms with Crippen LogP contribution in [0.5, 0.6) is 11.5 Å². The van der Waals surface area contributed by atoms with Crippen molar-refractivity contribution in [2.24, 2.45) is 0 Å². The number of aliphatic hydroxyl groups excluding tert-OH is 19. The molecule has 2 aromatic carbocycles. The number of pyridine rings is 2. The van der Waals surface area contributed by atoms with E-state index in [0.717, 1.165) is 0 Å². The summed E-state index contributed by atoms with van der Waals surface area (Å²) in [6.07, 6.45) is -69.5. The highest BCUT2D eigenvalue weighted by Crippen LogP contribution is 2.40. The second kappa shape index (κ2) is 32.5. The molecule has 0 aliphatic carbocycles. The molecule has 21 saturated heterocycles. The van der Waals surface area contributed by atoms with Gasteiger partial charge >= 0.3 is 0 Å². The third-order valence-electron chi connectivity index (χ3n) is 19.3. The van der Waals surface area contributed by atoms with Crippen LogP contribution in [0, 0.1) is 0 Å². The molecule has 0 saturated carbocycles. The number of ether oxygens (including phenoxy) is 14. The zero-order chi connectivity index (χ0) is 73.7. The minimum atomic E-state index is -2.35. The van der Waals surface area contributed by atoms with Gasteiger partial charge in [-0.3, -0.25) is 9.59 Å². The number of aliphatic hydroxyl groups is 19. The van der Waals surface area contributed by atoms with E-state index >= 15 is 0 Å². The van der Waals surface area contributed by atoms with Crippen LogP contribution in [0.25, 0.3) is 21.8 Å². The molecule has 21 aliphatic heterocycles. The van der Waals surface area contributed by atoms with E-state index in [1.54, 1.807) is 12.1 Å². The van der Waals surface area contributed by atoms with E-state index in [-0.39, 0.29) is 22.5 Å². The van der Waals surface area contributed by atoms with Crippen LogP contribution < -0.4 is 10.6 Å². The number of phenolic OH excluding ortho intramolecular Hbond substituents is 2. The number of aromatic nitrogens is 2. The smallest absolute Gasteiger partial charge is 0.270 e. The van der Waals surface area contributed by atoms with Gasteiger partial charge in [0.05, 0.1) is 58.3 Å². The number of carbonyl (C=O) groups is 2. The number of hydrogen-bond acceptors (Lipinski definition) is 39. The molecule has 14 bridgehead atoms. The number of hydrogen-bond donors (Lipinski definition) is 23. The van der Waals surface area contributed by atoms with E-state index in [2.05, 4.69) is 20.6 Å². The average Bonchev–Trinajstić information content (AvgIpc) is 0.788. The van der Waals surface area contributed by atoms with Crippen LogP contribution in [0.3, 0.4) is 0 Å². The minimum Gasteiger partial charge on any atom is -0.506 e. The summed E-state index contributed by atoms with van der Waals surface area (Å²) in [4.78, 5) is 37.6. The van der Waals surface area contributed by atoms with E-state index in [1.165, 1.54) is 48.5 Å². The minimum absolute atomic E-state index is 0.0724. The van der Waals surface area contributed by atoms with Crippen LogP contribution in [-0.4, -0.2) is 390 Å². The zero-order valence-electron chi connectivity index (χ0n) is 53.7. The Balaban J connectivity index is 0.907. The summed E-state index contributed by atoms with van der Waals surface area (Å²) in [5.74, 6) is -3.02. The molecular formula is C62H82N4O37. The number of amides is 2. The first kappa shape index (κ1) is 77.1. The van der Waals surface area contributed by atoms with E-state index in [9.17, 15) is 117 Å².